The Morgan fingerprint density at radius 2 is 1.91 bits per heavy atom. The van der Waals surface area contributed by atoms with Gasteiger partial charge < -0.3 is 14.9 Å². The number of piperidine rings is 1. The van der Waals surface area contributed by atoms with E-state index in [1.165, 1.54) is 33.7 Å². The van der Waals surface area contributed by atoms with Crippen LogP contribution in [0.3, 0.4) is 0 Å². The minimum atomic E-state index is -0.786. The SMILES string of the molecule is CC(C)c1ccccc1Sc1ccc(/C=C/C(=O)N2CCC(O)C(C(=O)N(C)C)C2)cc1[N+](=O)[O-]. The molecule has 0 aliphatic carbocycles. The molecule has 3 rings (SSSR count). The number of hydrogen-bond acceptors (Lipinski definition) is 6. The van der Waals surface area contributed by atoms with E-state index in [1.54, 1.807) is 32.3 Å². The summed E-state index contributed by atoms with van der Waals surface area (Å²) < 4.78 is 0. The van der Waals surface area contributed by atoms with Crippen LogP contribution in [0.5, 0.6) is 0 Å². The zero-order chi connectivity index (χ0) is 25.7. The van der Waals surface area contributed by atoms with E-state index >= 15 is 0 Å². The molecule has 0 spiro atoms. The number of amides is 2. The molecule has 1 fully saturated rings. The van der Waals surface area contributed by atoms with Gasteiger partial charge in [-0.3, -0.25) is 19.7 Å². The Morgan fingerprint density at radius 3 is 2.57 bits per heavy atom. The smallest absolute Gasteiger partial charge is 0.283 e. The lowest BCUT2D eigenvalue weighted by Crippen LogP contribution is -2.51. The van der Waals surface area contributed by atoms with Gasteiger partial charge in [-0.05, 0) is 41.7 Å². The van der Waals surface area contributed by atoms with E-state index in [4.69, 9.17) is 0 Å². The minimum Gasteiger partial charge on any atom is -0.392 e. The molecule has 8 nitrogen and oxygen atoms in total. The number of benzene rings is 2. The average molecular weight is 498 g/mol. The van der Waals surface area contributed by atoms with Gasteiger partial charge in [0.05, 0.1) is 21.8 Å². The van der Waals surface area contributed by atoms with Gasteiger partial charge in [0, 0.05) is 44.2 Å². The third kappa shape index (κ3) is 6.49. The summed E-state index contributed by atoms with van der Waals surface area (Å²) in [4.78, 5) is 40.9. The Balaban J connectivity index is 1.77. The van der Waals surface area contributed by atoms with Crippen molar-refractivity contribution in [2.24, 2.45) is 5.92 Å². The lowest BCUT2D eigenvalue weighted by atomic mass is 9.93. The molecule has 2 unspecified atom stereocenters. The molecule has 2 aromatic rings. The minimum absolute atomic E-state index is 0.0269. The zero-order valence-corrected chi connectivity index (χ0v) is 21.2. The molecule has 0 saturated carbocycles. The molecule has 0 aromatic heterocycles. The number of rotatable bonds is 7. The molecule has 0 bridgehead atoms. The lowest BCUT2D eigenvalue weighted by molar-refractivity contribution is -0.387. The van der Waals surface area contributed by atoms with Crippen LogP contribution >= 0.6 is 11.8 Å². The van der Waals surface area contributed by atoms with Crippen LogP contribution in [-0.4, -0.2) is 64.9 Å². The molecular formula is C26H31N3O5S. The van der Waals surface area contributed by atoms with Gasteiger partial charge in [0.2, 0.25) is 11.8 Å². The van der Waals surface area contributed by atoms with Crippen molar-refractivity contribution < 1.29 is 19.6 Å². The van der Waals surface area contributed by atoms with Gasteiger partial charge in [-0.25, -0.2) is 0 Å². The van der Waals surface area contributed by atoms with Crippen LogP contribution in [0.15, 0.2) is 58.3 Å². The van der Waals surface area contributed by atoms with E-state index in [1.807, 2.05) is 24.3 Å². The number of carbonyl (C=O) groups is 2. The molecule has 9 heteroatoms. The van der Waals surface area contributed by atoms with Gasteiger partial charge in [-0.2, -0.15) is 0 Å². The maximum absolute atomic E-state index is 12.7. The normalized spacial score (nSPS) is 18.2. The first-order chi connectivity index (χ1) is 16.6. The van der Waals surface area contributed by atoms with Crippen LogP contribution in [-0.2, 0) is 9.59 Å². The summed E-state index contributed by atoms with van der Waals surface area (Å²) in [5.74, 6) is -0.904. The second-order valence-electron chi connectivity index (χ2n) is 9.09. The van der Waals surface area contributed by atoms with Crippen molar-refractivity contribution in [2.45, 2.75) is 42.1 Å². The summed E-state index contributed by atoms with van der Waals surface area (Å²) in [6.07, 6.45) is 2.43. The summed E-state index contributed by atoms with van der Waals surface area (Å²) in [6, 6.07) is 12.8. The standard InChI is InChI=1S/C26H31N3O5S/c1-17(2)19-7-5-6-8-23(19)35-24-11-9-18(15-21(24)29(33)34)10-12-25(31)28-14-13-22(30)20(16-28)26(32)27(3)4/h5-12,15,17,20,22,30H,13-14,16H2,1-4H3/b12-10+. The maximum Gasteiger partial charge on any atom is 0.283 e. The highest BCUT2D eigenvalue weighted by atomic mass is 32.2. The third-order valence-corrected chi connectivity index (χ3v) is 7.16. The molecule has 1 heterocycles. The van der Waals surface area contributed by atoms with Crippen molar-refractivity contribution in [2.75, 3.05) is 27.2 Å². The van der Waals surface area contributed by atoms with Crippen molar-refractivity contribution in [3.63, 3.8) is 0 Å². The number of nitro groups is 1. The summed E-state index contributed by atoms with van der Waals surface area (Å²) in [5.41, 5.74) is 1.63. The van der Waals surface area contributed by atoms with Crippen LogP contribution in [0.1, 0.15) is 37.3 Å². The largest absolute Gasteiger partial charge is 0.392 e. The van der Waals surface area contributed by atoms with Crippen LogP contribution in [0, 0.1) is 16.0 Å². The second kappa shape index (κ2) is 11.5. The molecule has 35 heavy (non-hydrogen) atoms. The highest BCUT2D eigenvalue weighted by Gasteiger charge is 2.35. The van der Waals surface area contributed by atoms with Gasteiger partial charge >= 0.3 is 0 Å². The molecule has 1 N–H and O–H groups in total. The molecule has 2 amide bonds. The first-order valence-electron chi connectivity index (χ1n) is 11.5. The van der Waals surface area contributed by atoms with Crippen LogP contribution in [0.2, 0.25) is 0 Å². The number of nitro benzene ring substituents is 1. The fourth-order valence-corrected chi connectivity index (χ4v) is 5.20. The molecule has 1 aliphatic rings. The van der Waals surface area contributed by atoms with E-state index in [9.17, 15) is 24.8 Å². The number of aliphatic hydroxyl groups excluding tert-OH is 1. The fraction of sp³-hybridized carbons (Fsp3) is 0.385. The van der Waals surface area contributed by atoms with Gasteiger partial charge in [0.25, 0.3) is 5.69 Å². The predicted molar refractivity (Wildman–Crippen MR) is 136 cm³/mol. The highest BCUT2D eigenvalue weighted by Crippen LogP contribution is 2.39. The zero-order valence-electron chi connectivity index (χ0n) is 20.4. The summed E-state index contributed by atoms with van der Waals surface area (Å²) in [7, 11) is 3.23. The van der Waals surface area contributed by atoms with E-state index in [0.717, 1.165) is 10.5 Å². The van der Waals surface area contributed by atoms with Gasteiger partial charge in [-0.15, -0.1) is 0 Å². The van der Waals surface area contributed by atoms with Gasteiger partial charge in [-0.1, -0.05) is 49.9 Å². The van der Waals surface area contributed by atoms with Crippen molar-refractivity contribution in [1.29, 1.82) is 0 Å². The Hall–Kier alpha value is -3.17. The van der Waals surface area contributed by atoms with E-state index in [2.05, 4.69) is 13.8 Å². The number of nitrogens with zero attached hydrogens (tertiary/aromatic N) is 3. The Labute approximate surface area is 209 Å². The molecule has 186 valence electrons. The van der Waals surface area contributed by atoms with E-state index in [0.29, 0.717) is 23.4 Å². The summed E-state index contributed by atoms with van der Waals surface area (Å²) in [6.45, 7) is 4.64. The van der Waals surface area contributed by atoms with E-state index < -0.39 is 16.9 Å². The van der Waals surface area contributed by atoms with Crippen molar-refractivity contribution in [1.82, 2.24) is 9.80 Å². The highest BCUT2D eigenvalue weighted by molar-refractivity contribution is 7.99. The number of hydrogen-bond donors (Lipinski definition) is 1. The van der Waals surface area contributed by atoms with Crippen molar-refractivity contribution in [3.8, 4) is 0 Å². The topological polar surface area (TPSA) is 104 Å². The molecule has 2 aromatic carbocycles. The predicted octanol–water partition coefficient (Wildman–Crippen LogP) is 4.18. The first-order valence-corrected chi connectivity index (χ1v) is 12.3. The van der Waals surface area contributed by atoms with Gasteiger partial charge in [0.1, 0.15) is 0 Å². The van der Waals surface area contributed by atoms with Gasteiger partial charge in [0.15, 0.2) is 0 Å². The third-order valence-electron chi connectivity index (χ3n) is 6.00. The first kappa shape index (κ1) is 26.4. The Bertz CT molecular complexity index is 1130. The monoisotopic (exact) mass is 497 g/mol. The molecule has 0 radical (unpaired) electrons. The molecule has 2 atom stereocenters. The Kier molecular flexibility index (Phi) is 8.69. The van der Waals surface area contributed by atoms with Crippen LogP contribution < -0.4 is 0 Å². The average Bonchev–Trinajstić information content (AvgIpc) is 2.83. The number of aliphatic hydroxyl groups is 1. The number of carbonyl (C=O) groups excluding carboxylic acids is 2. The quantitative estimate of drug-likeness (QED) is 0.350. The van der Waals surface area contributed by atoms with Crippen LogP contribution in [0.25, 0.3) is 6.08 Å². The molecular weight excluding hydrogens is 466 g/mol. The maximum atomic E-state index is 12.7. The van der Waals surface area contributed by atoms with Crippen molar-refractivity contribution >= 4 is 35.3 Å². The van der Waals surface area contributed by atoms with Crippen molar-refractivity contribution in [3.05, 3.63) is 69.8 Å². The molecule has 1 saturated heterocycles. The second-order valence-corrected chi connectivity index (χ2v) is 10.2. The summed E-state index contributed by atoms with van der Waals surface area (Å²) in [5, 5.41) is 22.0. The van der Waals surface area contributed by atoms with E-state index in [-0.39, 0.29) is 30.0 Å². The van der Waals surface area contributed by atoms with Crippen LogP contribution in [0.4, 0.5) is 5.69 Å². The number of likely N-dealkylation sites (tertiary alicyclic amines) is 1. The Morgan fingerprint density at radius 1 is 1.20 bits per heavy atom. The fourth-order valence-electron chi connectivity index (χ4n) is 4.02. The summed E-state index contributed by atoms with van der Waals surface area (Å²) >= 11 is 1.36. The molecule has 1 aliphatic heterocycles. The lowest BCUT2D eigenvalue weighted by Gasteiger charge is -2.36.